The number of urea groups is 1. The maximum atomic E-state index is 12.1. The lowest BCUT2D eigenvalue weighted by Gasteiger charge is -2.34. The zero-order valence-electron chi connectivity index (χ0n) is 11.6. The molecule has 21 heavy (non-hydrogen) atoms. The maximum absolute atomic E-state index is 12.1. The lowest BCUT2D eigenvalue weighted by Crippen LogP contribution is -2.54. The van der Waals surface area contributed by atoms with E-state index in [1.165, 1.54) is 0 Å². The summed E-state index contributed by atoms with van der Waals surface area (Å²) in [4.78, 5) is 36.9. The molecule has 2 fully saturated rings. The van der Waals surface area contributed by atoms with Crippen molar-refractivity contribution in [2.45, 2.75) is 18.5 Å². The van der Waals surface area contributed by atoms with Gasteiger partial charge in [0.2, 0.25) is 0 Å². The molecule has 0 saturated carbocycles. The van der Waals surface area contributed by atoms with E-state index in [4.69, 9.17) is 10.2 Å². The summed E-state index contributed by atoms with van der Waals surface area (Å²) in [5, 5.41) is 23.2. The van der Waals surface area contributed by atoms with Gasteiger partial charge in [-0.25, -0.2) is 4.79 Å². The first-order valence-electron chi connectivity index (χ1n) is 6.91. The Balaban J connectivity index is 1.73. The van der Waals surface area contributed by atoms with E-state index in [1.807, 2.05) is 0 Å². The van der Waals surface area contributed by atoms with Crippen molar-refractivity contribution in [3.05, 3.63) is 0 Å². The van der Waals surface area contributed by atoms with Crippen molar-refractivity contribution in [1.82, 2.24) is 20.4 Å². The first kappa shape index (κ1) is 15.5. The summed E-state index contributed by atoms with van der Waals surface area (Å²) in [5.74, 6) is -1.78. The lowest BCUT2D eigenvalue weighted by atomic mass is 10.2. The number of carbonyl (C=O) groups excluding carboxylic acids is 1. The molecule has 0 aromatic heterocycles. The van der Waals surface area contributed by atoms with Crippen molar-refractivity contribution in [1.29, 1.82) is 0 Å². The van der Waals surface area contributed by atoms with Crippen LogP contribution in [0.15, 0.2) is 0 Å². The summed E-state index contributed by atoms with van der Waals surface area (Å²) in [6.07, 6.45) is 0.375. The minimum absolute atomic E-state index is 0.0116. The van der Waals surface area contributed by atoms with E-state index in [0.717, 1.165) is 0 Å². The third kappa shape index (κ3) is 4.30. The minimum atomic E-state index is -0.908. The number of carboxylic acid groups (broad SMARTS) is 2. The van der Waals surface area contributed by atoms with Gasteiger partial charge in [0.05, 0.1) is 6.54 Å². The van der Waals surface area contributed by atoms with E-state index in [1.54, 1.807) is 9.80 Å². The molecule has 1 unspecified atom stereocenters. The molecule has 0 bridgehead atoms. The molecule has 2 aliphatic heterocycles. The van der Waals surface area contributed by atoms with E-state index in [-0.39, 0.29) is 18.6 Å². The molecule has 118 valence electrons. The zero-order valence-corrected chi connectivity index (χ0v) is 11.6. The van der Waals surface area contributed by atoms with E-state index in [0.29, 0.717) is 39.1 Å². The van der Waals surface area contributed by atoms with Crippen LogP contribution in [0.4, 0.5) is 4.79 Å². The van der Waals surface area contributed by atoms with Crippen LogP contribution in [0.2, 0.25) is 0 Å². The van der Waals surface area contributed by atoms with Gasteiger partial charge in [-0.15, -0.1) is 0 Å². The van der Waals surface area contributed by atoms with Gasteiger partial charge >= 0.3 is 18.0 Å². The molecule has 0 aromatic carbocycles. The molecular weight excluding hydrogens is 280 g/mol. The summed E-state index contributed by atoms with van der Waals surface area (Å²) in [7, 11) is 0. The van der Waals surface area contributed by atoms with Gasteiger partial charge in [0.25, 0.3) is 0 Å². The third-order valence-electron chi connectivity index (χ3n) is 3.77. The molecule has 0 aliphatic carbocycles. The fourth-order valence-corrected chi connectivity index (χ4v) is 2.60. The second kappa shape index (κ2) is 6.72. The van der Waals surface area contributed by atoms with E-state index >= 15 is 0 Å². The molecule has 2 amide bonds. The molecule has 0 radical (unpaired) electrons. The first-order valence-corrected chi connectivity index (χ1v) is 6.91. The fourth-order valence-electron chi connectivity index (χ4n) is 2.60. The Morgan fingerprint density at radius 3 is 2.33 bits per heavy atom. The van der Waals surface area contributed by atoms with Gasteiger partial charge in [0.15, 0.2) is 0 Å². The molecule has 2 heterocycles. The summed E-state index contributed by atoms with van der Waals surface area (Å²) >= 11 is 0. The van der Waals surface area contributed by atoms with Gasteiger partial charge in [-0.1, -0.05) is 0 Å². The van der Waals surface area contributed by atoms with Crippen molar-refractivity contribution in [3.8, 4) is 0 Å². The Morgan fingerprint density at radius 1 is 1.14 bits per heavy atom. The summed E-state index contributed by atoms with van der Waals surface area (Å²) in [5.41, 5.74) is 0. The molecule has 4 N–H and O–H groups in total. The van der Waals surface area contributed by atoms with Crippen LogP contribution in [-0.2, 0) is 9.59 Å². The van der Waals surface area contributed by atoms with Crippen LogP contribution in [0.5, 0.6) is 0 Å². The Hall–Kier alpha value is -1.87. The fraction of sp³-hybridized carbons (Fsp3) is 0.750. The lowest BCUT2D eigenvalue weighted by molar-refractivity contribution is -0.139. The standard InChI is InChI=1S/C12H20N4O5/c17-10(18)7-15-1-3-16(4-2-15)12(21)14-8-5-9(11(19)20)13-6-8/h8-9,13H,1-7H2,(H,14,21)(H,17,18)(H,19,20)/t8-,9?/m0/s1. The predicted molar refractivity (Wildman–Crippen MR) is 72.0 cm³/mol. The molecular formula is C12H20N4O5. The van der Waals surface area contributed by atoms with Gasteiger partial charge in [-0.05, 0) is 6.42 Å². The monoisotopic (exact) mass is 300 g/mol. The largest absolute Gasteiger partial charge is 0.480 e. The van der Waals surface area contributed by atoms with Gasteiger partial charge in [0, 0.05) is 38.8 Å². The Bertz CT molecular complexity index is 422. The van der Waals surface area contributed by atoms with Crippen LogP contribution in [0, 0.1) is 0 Å². The first-order chi connectivity index (χ1) is 9.95. The number of carbonyl (C=O) groups is 3. The van der Waals surface area contributed by atoms with Crippen LogP contribution in [-0.4, -0.2) is 89.3 Å². The second-order valence-electron chi connectivity index (χ2n) is 5.34. The number of piperazine rings is 1. The number of hydrogen-bond acceptors (Lipinski definition) is 5. The predicted octanol–water partition coefficient (Wildman–Crippen LogP) is -1.79. The van der Waals surface area contributed by atoms with E-state index in [2.05, 4.69) is 10.6 Å². The summed E-state index contributed by atoms with van der Waals surface area (Å²) in [6, 6.07) is -1.01. The van der Waals surface area contributed by atoms with Gasteiger partial charge in [-0.2, -0.15) is 0 Å². The smallest absolute Gasteiger partial charge is 0.320 e. The van der Waals surface area contributed by atoms with E-state index in [9.17, 15) is 14.4 Å². The number of aliphatic carboxylic acids is 2. The number of nitrogens with one attached hydrogen (secondary N) is 2. The van der Waals surface area contributed by atoms with Crippen LogP contribution < -0.4 is 10.6 Å². The van der Waals surface area contributed by atoms with Crippen LogP contribution in [0.3, 0.4) is 0 Å². The summed E-state index contributed by atoms with van der Waals surface area (Å²) < 4.78 is 0. The number of hydrogen-bond donors (Lipinski definition) is 4. The van der Waals surface area contributed by atoms with E-state index < -0.39 is 18.0 Å². The number of amides is 2. The molecule has 2 aliphatic rings. The Labute approximate surface area is 121 Å². The molecule has 9 heteroatoms. The Morgan fingerprint density at radius 2 is 1.81 bits per heavy atom. The van der Waals surface area contributed by atoms with Crippen molar-refractivity contribution in [2.24, 2.45) is 0 Å². The molecule has 2 saturated heterocycles. The van der Waals surface area contributed by atoms with Crippen LogP contribution in [0.1, 0.15) is 6.42 Å². The number of carboxylic acids is 2. The number of rotatable bonds is 4. The van der Waals surface area contributed by atoms with Crippen molar-refractivity contribution < 1.29 is 24.6 Å². The van der Waals surface area contributed by atoms with Gasteiger partial charge < -0.3 is 25.7 Å². The highest BCUT2D eigenvalue weighted by Gasteiger charge is 2.31. The SMILES string of the molecule is O=C(O)CN1CCN(C(=O)N[C@@H]2CNC(C(=O)O)C2)CC1. The van der Waals surface area contributed by atoms with Gasteiger partial charge in [-0.3, -0.25) is 14.5 Å². The highest BCUT2D eigenvalue weighted by atomic mass is 16.4. The quantitative estimate of drug-likeness (QED) is 0.484. The normalized spacial score (nSPS) is 26.6. The topological polar surface area (TPSA) is 122 Å². The van der Waals surface area contributed by atoms with Crippen LogP contribution in [0.25, 0.3) is 0 Å². The molecule has 0 spiro atoms. The molecule has 9 nitrogen and oxygen atoms in total. The highest BCUT2D eigenvalue weighted by Crippen LogP contribution is 2.08. The third-order valence-corrected chi connectivity index (χ3v) is 3.77. The van der Waals surface area contributed by atoms with Gasteiger partial charge in [0.1, 0.15) is 6.04 Å². The zero-order chi connectivity index (χ0) is 15.4. The Kier molecular flexibility index (Phi) is 4.97. The average molecular weight is 300 g/mol. The second-order valence-corrected chi connectivity index (χ2v) is 5.34. The molecule has 0 aromatic rings. The minimum Gasteiger partial charge on any atom is -0.480 e. The number of nitrogens with zero attached hydrogens (tertiary/aromatic N) is 2. The van der Waals surface area contributed by atoms with Crippen molar-refractivity contribution >= 4 is 18.0 Å². The van der Waals surface area contributed by atoms with Crippen molar-refractivity contribution in [3.63, 3.8) is 0 Å². The maximum Gasteiger partial charge on any atom is 0.320 e. The summed E-state index contributed by atoms with van der Waals surface area (Å²) in [6.45, 7) is 2.44. The highest BCUT2D eigenvalue weighted by molar-refractivity contribution is 5.76. The average Bonchev–Trinajstić information content (AvgIpc) is 2.87. The molecule has 2 rings (SSSR count). The van der Waals surface area contributed by atoms with Crippen LogP contribution >= 0.6 is 0 Å². The molecule has 2 atom stereocenters. The van der Waals surface area contributed by atoms with Crippen molar-refractivity contribution in [2.75, 3.05) is 39.3 Å².